The van der Waals surface area contributed by atoms with Gasteiger partial charge in [0.25, 0.3) is 0 Å². The second-order valence-electron chi connectivity index (χ2n) is 7.19. The highest BCUT2D eigenvalue weighted by Crippen LogP contribution is 2.24. The van der Waals surface area contributed by atoms with Crippen LogP contribution in [-0.2, 0) is 19.9 Å². The van der Waals surface area contributed by atoms with Crippen molar-refractivity contribution in [2.24, 2.45) is 7.05 Å². The number of hydrogen-bond donors (Lipinski definition) is 0. The molecule has 28 heavy (non-hydrogen) atoms. The van der Waals surface area contributed by atoms with E-state index < -0.39 is 0 Å². The largest absolute Gasteiger partial charge is 0.331 e. The summed E-state index contributed by atoms with van der Waals surface area (Å²) in [6, 6.07) is 8.20. The van der Waals surface area contributed by atoms with E-state index in [9.17, 15) is 0 Å². The lowest BCUT2D eigenvalue weighted by Gasteiger charge is -2.01. The van der Waals surface area contributed by atoms with Crippen LogP contribution in [0.5, 0.6) is 0 Å². The number of benzene rings is 1. The van der Waals surface area contributed by atoms with Crippen molar-refractivity contribution < 1.29 is 0 Å². The monoisotopic (exact) mass is 371 g/mol. The number of nitrogens with zero attached hydrogens (tertiary/aromatic N) is 7. The minimum atomic E-state index is 0.812. The molecule has 0 aliphatic rings. The molecule has 0 bridgehead atoms. The van der Waals surface area contributed by atoms with Crippen LogP contribution in [0.25, 0.3) is 27.6 Å². The van der Waals surface area contributed by atoms with E-state index in [1.165, 1.54) is 0 Å². The topological polar surface area (TPSA) is 73.8 Å². The van der Waals surface area contributed by atoms with E-state index in [0.29, 0.717) is 0 Å². The predicted octanol–water partition coefficient (Wildman–Crippen LogP) is 3.35. The Morgan fingerprint density at radius 1 is 1.00 bits per heavy atom. The van der Waals surface area contributed by atoms with Gasteiger partial charge in [-0.3, -0.25) is 9.97 Å². The van der Waals surface area contributed by atoms with Crippen LogP contribution in [0.1, 0.15) is 29.5 Å². The van der Waals surface area contributed by atoms with Crippen LogP contribution in [-0.4, -0.2) is 34.1 Å². The molecule has 0 saturated carbocycles. The van der Waals surface area contributed by atoms with E-state index in [4.69, 9.17) is 4.98 Å². The number of aromatic nitrogens is 7. The van der Waals surface area contributed by atoms with Gasteiger partial charge in [-0.1, -0.05) is 0 Å². The zero-order valence-electron chi connectivity index (χ0n) is 16.2. The van der Waals surface area contributed by atoms with Crippen molar-refractivity contribution in [3.8, 4) is 0 Å². The standard InChI is InChI=1S/C21H21N7/c1-13-12-23-14(2)21-24-18(26-28(13)21)7-4-8-19-25-20-15-6-5-11-22-16(15)9-10-17(20)27(19)3/h5-6,9-12H,4,7-8H2,1-3H3. The number of fused-ring (bicyclic) bond motifs is 4. The molecule has 7 heteroatoms. The van der Waals surface area contributed by atoms with Gasteiger partial charge in [0.15, 0.2) is 11.5 Å². The summed E-state index contributed by atoms with van der Waals surface area (Å²) in [7, 11) is 2.08. The molecule has 0 aliphatic carbocycles. The van der Waals surface area contributed by atoms with Crippen molar-refractivity contribution >= 4 is 27.6 Å². The van der Waals surface area contributed by atoms with E-state index in [1.807, 2.05) is 36.8 Å². The lowest BCUT2D eigenvalue weighted by atomic mass is 10.2. The van der Waals surface area contributed by atoms with E-state index >= 15 is 0 Å². The molecule has 5 aromatic rings. The molecular weight excluding hydrogens is 350 g/mol. The third-order valence-electron chi connectivity index (χ3n) is 5.28. The van der Waals surface area contributed by atoms with E-state index in [1.54, 1.807) is 0 Å². The molecule has 0 saturated heterocycles. The number of pyridine rings is 1. The summed E-state index contributed by atoms with van der Waals surface area (Å²) < 4.78 is 4.06. The third-order valence-corrected chi connectivity index (χ3v) is 5.28. The zero-order valence-corrected chi connectivity index (χ0v) is 16.2. The normalized spacial score (nSPS) is 11.8. The molecule has 0 fully saturated rings. The van der Waals surface area contributed by atoms with Gasteiger partial charge in [-0.2, -0.15) is 5.10 Å². The Labute approximate surface area is 162 Å². The van der Waals surface area contributed by atoms with Crippen molar-refractivity contribution in [2.75, 3.05) is 0 Å². The smallest absolute Gasteiger partial charge is 0.177 e. The molecule has 5 rings (SSSR count). The van der Waals surface area contributed by atoms with Crippen molar-refractivity contribution in [3.05, 3.63) is 59.7 Å². The fraction of sp³-hybridized carbons (Fsp3) is 0.286. The van der Waals surface area contributed by atoms with Crippen LogP contribution in [0.4, 0.5) is 0 Å². The summed E-state index contributed by atoms with van der Waals surface area (Å²) in [5, 5.41) is 5.74. The zero-order chi connectivity index (χ0) is 19.3. The van der Waals surface area contributed by atoms with Gasteiger partial charge in [0, 0.05) is 37.7 Å². The first-order valence-corrected chi connectivity index (χ1v) is 9.49. The first kappa shape index (κ1) is 16.8. The minimum absolute atomic E-state index is 0.812. The molecule has 4 aromatic heterocycles. The molecule has 1 aromatic carbocycles. The van der Waals surface area contributed by atoms with Crippen LogP contribution in [0, 0.1) is 13.8 Å². The number of aryl methyl sites for hydroxylation is 5. The molecule has 7 nitrogen and oxygen atoms in total. The minimum Gasteiger partial charge on any atom is -0.331 e. The van der Waals surface area contributed by atoms with Gasteiger partial charge < -0.3 is 4.57 Å². The Morgan fingerprint density at radius 3 is 2.75 bits per heavy atom. The molecule has 0 N–H and O–H groups in total. The van der Waals surface area contributed by atoms with Gasteiger partial charge in [0.2, 0.25) is 0 Å². The fourth-order valence-corrected chi connectivity index (χ4v) is 3.73. The molecule has 0 aliphatic heterocycles. The maximum Gasteiger partial charge on any atom is 0.177 e. The van der Waals surface area contributed by atoms with Gasteiger partial charge >= 0.3 is 0 Å². The van der Waals surface area contributed by atoms with Gasteiger partial charge in [-0.05, 0) is 44.5 Å². The maximum atomic E-state index is 4.91. The molecule has 0 unspecified atom stereocenters. The maximum absolute atomic E-state index is 4.91. The fourth-order valence-electron chi connectivity index (χ4n) is 3.73. The number of imidazole rings is 1. The molecule has 0 spiro atoms. The molecular formula is C21H21N7. The van der Waals surface area contributed by atoms with Crippen molar-refractivity contribution in [1.82, 2.24) is 34.1 Å². The summed E-state index contributed by atoms with van der Waals surface area (Å²) in [6.07, 6.45) is 6.28. The Hall–Kier alpha value is -3.35. The first-order chi connectivity index (χ1) is 13.6. The van der Waals surface area contributed by atoms with Gasteiger partial charge in [-0.25, -0.2) is 14.5 Å². The second kappa shape index (κ2) is 6.37. The first-order valence-electron chi connectivity index (χ1n) is 9.49. The van der Waals surface area contributed by atoms with Gasteiger partial charge in [0.1, 0.15) is 5.82 Å². The van der Waals surface area contributed by atoms with Crippen molar-refractivity contribution in [3.63, 3.8) is 0 Å². The van der Waals surface area contributed by atoms with Crippen LogP contribution < -0.4 is 0 Å². The molecule has 4 heterocycles. The Morgan fingerprint density at radius 2 is 1.89 bits per heavy atom. The lowest BCUT2D eigenvalue weighted by molar-refractivity contribution is 0.708. The van der Waals surface area contributed by atoms with E-state index in [0.717, 1.165) is 69.9 Å². The van der Waals surface area contributed by atoms with Crippen LogP contribution in [0.3, 0.4) is 0 Å². The van der Waals surface area contributed by atoms with Crippen LogP contribution >= 0.6 is 0 Å². The highest BCUT2D eigenvalue weighted by Gasteiger charge is 2.12. The summed E-state index contributed by atoms with van der Waals surface area (Å²) in [4.78, 5) is 18.4. The average molecular weight is 371 g/mol. The predicted molar refractivity (Wildman–Crippen MR) is 108 cm³/mol. The molecule has 0 amide bonds. The van der Waals surface area contributed by atoms with E-state index in [2.05, 4.69) is 49.9 Å². The highest BCUT2D eigenvalue weighted by molar-refractivity contribution is 6.02. The molecule has 140 valence electrons. The van der Waals surface area contributed by atoms with Crippen LogP contribution in [0.2, 0.25) is 0 Å². The Balaban J connectivity index is 1.40. The number of rotatable bonds is 4. The van der Waals surface area contributed by atoms with Crippen molar-refractivity contribution in [2.45, 2.75) is 33.1 Å². The molecule has 0 atom stereocenters. The summed E-state index contributed by atoms with van der Waals surface area (Å²) in [6.45, 7) is 3.96. The third kappa shape index (κ3) is 2.62. The van der Waals surface area contributed by atoms with Crippen LogP contribution in [0.15, 0.2) is 36.7 Å². The summed E-state index contributed by atoms with van der Waals surface area (Å²) in [5.74, 6) is 1.93. The van der Waals surface area contributed by atoms with Gasteiger partial charge in [-0.15, -0.1) is 0 Å². The SMILES string of the molecule is Cc1ncc(C)n2nc(CCCc3nc4c5cccnc5ccc4n3C)nc12. The Bertz CT molecular complexity index is 1290. The van der Waals surface area contributed by atoms with Gasteiger partial charge in [0.05, 0.1) is 27.9 Å². The lowest BCUT2D eigenvalue weighted by Crippen LogP contribution is -2.00. The average Bonchev–Trinajstić information content (AvgIpc) is 3.28. The second-order valence-corrected chi connectivity index (χ2v) is 7.19. The Kier molecular flexibility index (Phi) is 3.82. The summed E-state index contributed by atoms with van der Waals surface area (Å²) >= 11 is 0. The quantitative estimate of drug-likeness (QED) is 0.484. The summed E-state index contributed by atoms with van der Waals surface area (Å²) in [5.41, 5.74) is 5.88. The number of hydrogen-bond acceptors (Lipinski definition) is 5. The van der Waals surface area contributed by atoms with Crippen molar-refractivity contribution in [1.29, 1.82) is 0 Å². The highest BCUT2D eigenvalue weighted by atomic mass is 15.3. The van der Waals surface area contributed by atoms with E-state index in [-0.39, 0.29) is 0 Å². The molecule has 0 radical (unpaired) electrons.